The van der Waals surface area contributed by atoms with Crippen LogP contribution in [-0.4, -0.2) is 11.1 Å². The zero-order valence-corrected chi connectivity index (χ0v) is 11.5. The van der Waals surface area contributed by atoms with E-state index in [9.17, 15) is 23.1 Å². The van der Waals surface area contributed by atoms with Crippen LogP contribution in [0, 0.1) is 0 Å². The summed E-state index contributed by atoms with van der Waals surface area (Å²) in [4.78, 5) is 11.2. The van der Waals surface area contributed by atoms with Gasteiger partial charge in [0.1, 0.15) is 5.75 Å². The van der Waals surface area contributed by atoms with Crippen LogP contribution in [0.15, 0.2) is 30.3 Å². The second kappa shape index (κ2) is 4.81. The number of fused-ring (bicyclic) bond motifs is 1. The van der Waals surface area contributed by atoms with Crippen molar-refractivity contribution in [3.05, 3.63) is 40.9 Å². The van der Waals surface area contributed by atoms with Crippen LogP contribution in [0.3, 0.4) is 0 Å². The Morgan fingerprint density at radius 1 is 1.14 bits per heavy atom. The molecule has 4 nitrogen and oxygen atoms in total. The number of hydrogen-bond donors (Lipinski definition) is 2. The Balaban J connectivity index is 2.28. The molecule has 22 heavy (non-hydrogen) atoms. The summed E-state index contributed by atoms with van der Waals surface area (Å²) in [6, 6.07) is 4.94. The third-order valence-corrected chi connectivity index (χ3v) is 3.39. The van der Waals surface area contributed by atoms with Gasteiger partial charge in [-0.05, 0) is 35.9 Å². The van der Waals surface area contributed by atoms with Gasteiger partial charge in [-0.25, -0.2) is 4.79 Å². The SMILES string of the molecule is O=C1[N]c2cc(C(F)(F)F)c(-c3cc(Cl)ccc3O)cc2N1. The lowest BCUT2D eigenvalue weighted by atomic mass is 9.97. The molecule has 0 saturated heterocycles. The van der Waals surface area contributed by atoms with Gasteiger partial charge in [-0.2, -0.15) is 18.5 Å². The normalized spacial score (nSPS) is 13.5. The first-order valence-corrected chi connectivity index (χ1v) is 6.40. The molecule has 0 spiro atoms. The van der Waals surface area contributed by atoms with Gasteiger partial charge >= 0.3 is 12.2 Å². The largest absolute Gasteiger partial charge is 0.507 e. The van der Waals surface area contributed by atoms with Crippen LogP contribution in [-0.2, 0) is 6.18 Å². The van der Waals surface area contributed by atoms with Crippen LogP contribution in [0.5, 0.6) is 5.75 Å². The van der Waals surface area contributed by atoms with E-state index >= 15 is 0 Å². The summed E-state index contributed by atoms with van der Waals surface area (Å²) in [6.45, 7) is 0. The first-order valence-electron chi connectivity index (χ1n) is 6.02. The number of amides is 2. The van der Waals surface area contributed by atoms with Gasteiger partial charge in [-0.15, -0.1) is 0 Å². The molecule has 113 valence electrons. The summed E-state index contributed by atoms with van der Waals surface area (Å²) in [5.41, 5.74) is -1.33. The molecule has 0 atom stereocenters. The number of aromatic hydroxyl groups is 1. The zero-order valence-electron chi connectivity index (χ0n) is 10.7. The summed E-state index contributed by atoms with van der Waals surface area (Å²) >= 11 is 5.79. The minimum Gasteiger partial charge on any atom is -0.507 e. The molecule has 1 aliphatic heterocycles. The van der Waals surface area contributed by atoms with Gasteiger partial charge in [0.25, 0.3) is 0 Å². The van der Waals surface area contributed by atoms with Gasteiger partial charge in [-0.3, -0.25) is 0 Å². The quantitative estimate of drug-likeness (QED) is 0.809. The van der Waals surface area contributed by atoms with Crippen LogP contribution in [0.1, 0.15) is 5.56 Å². The Morgan fingerprint density at radius 3 is 2.55 bits per heavy atom. The van der Waals surface area contributed by atoms with Crippen molar-refractivity contribution in [1.29, 1.82) is 0 Å². The number of phenolic OH excluding ortho intramolecular Hbond substituents is 1. The topological polar surface area (TPSA) is 63.4 Å². The number of halogens is 4. The molecular formula is C14H7ClF3N2O2. The third kappa shape index (κ3) is 2.43. The predicted molar refractivity (Wildman–Crippen MR) is 74.4 cm³/mol. The molecule has 2 aromatic carbocycles. The fourth-order valence-corrected chi connectivity index (χ4v) is 2.39. The lowest BCUT2D eigenvalue weighted by Crippen LogP contribution is -2.08. The van der Waals surface area contributed by atoms with E-state index in [-0.39, 0.29) is 33.3 Å². The second-order valence-corrected chi connectivity index (χ2v) is 5.05. The first-order chi connectivity index (χ1) is 10.3. The molecule has 0 bridgehead atoms. The molecule has 0 aromatic heterocycles. The Labute approximate surface area is 127 Å². The second-order valence-electron chi connectivity index (χ2n) is 4.62. The van der Waals surface area contributed by atoms with Crippen molar-refractivity contribution in [2.45, 2.75) is 6.18 Å². The molecule has 0 aliphatic carbocycles. The molecule has 1 heterocycles. The van der Waals surface area contributed by atoms with Crippen molar-refractivity contribution in [3.63, 3.8) is 0 Å². The summed E-state index contributed by atoms with van der Waals surface area (Å²) in [6.07, 6.45) is -4.68. The van der Waals surface area contributed by atoms with Gasteiger partial charge in [0, 0.05) is 10.6 Å². The minimum atomic E-state index is -4.68. The van der Waals surface area contributed by atoms with E-state index in [4.69, 9.17) is 11.6 Å². The fourth-order valence-electron chi connectivity index (χ4n) is 2.21. The van der Waals surface area contributed by atoms with Crippen LogP contribution in [0.25, 0.3) is 11.1 Å². The highest BCUT2D eigenvalue weighted by Crippen LogP contribution is 2.45. The molecule has 3 rings (SSSR count). The van der Waals surface area contributed by atoms with Crippen LogP contribution in [0.2, 0.25) is 5.02 Å². The average molecular weight is 328 g/mol. The van der Waals surface area contributed by atoms with Crippen molar-refractivity contribution in [3.8, 4) is 16.9 Å². The number of alkyl halides is 3. The lowest BCUT2D eigenvalue weighted by molar-refractivity contribution is -0.137. The van der Waals surface area contributed by atoms with E-state index in [0.717, 1.165) is 12.1 Å². The van der Waals surface area contributed by atoms with E-state index in [1.54, 1.807) is 0 Å². The van der Waals surface area contributed by atoms with Crippen molar-refractivity contribution in [1.82, 2.24) is 5.32 Å². The third-order valence-electron chi connectivity index (χ3n) is 3.15. The van der Waals surface area contributed by atoms with Gasteiger partial charge in [0.2, 0.25) is 0 Å². The molecule has 1 radical (unpaired) electrons. The lowest BCUT2D eigenvalue weighted by Gasteiger charge is -2.15. The molecule has 2 aromatic rings. The standard InChI is InChI=1S/C14H7ClF3N2O2/c15-6-1-2-12(21)8(3-6)7-4-10-11(20-13(22)19-10)5-9(7)14(16,17)18/h1-5,21H,(H,19,22). The maximum atomic E-state index is 13.3. The molecule has 8 heteroatoms. The highest BCUT2D eigenvalue weighted by molar-refractivity contribution is 6.31. The van der Waals surface area contributed by atoms with Gasteiger partial charge in [0.15, 0.2) is 0 Å². The van der Waals surface area contributed by atoms with Gasteiger partial charge in [0.05, 0.1) is 16.9 Å². The molecule has 2 amide bonds. The monoisotopic (exact) mass is 327 g/mol. The van der Waals surface area contributed by atoms with E-state index in [1.165, 1.54) is 18.2 Å². The molecule has 0 fully saturated rings. The number of phenols is 1. The number of nitrogens with zero attached hydrogens (tertiary/aromatic N) is 1. The van der Waals surface area contributed by atoms with Crippen LogP contribution in [0.4, 0.5) is 29.3 Å². The molecule has 2 N–H and O–H groups in total. The smallest absolute Gasteiger partial charge is 0.417 e. The summed E-state index contributed by atoms with van der Waals surface area (Å²) < 4.78 is 39.8. The molecule has 0 unspecified atom stereocenters. The van der Waals surface area contributed by atoms with E-state index in [2.05, 4.69) is 10.6 Å². The van der Waals surface area contributed by atoms with Crippen LogP contribution < -0.4 is 10.6 Å². The van der Waals surface area contributed by atoms with E-state index < -0.39 is 17.8 Å². The number of urea groups is 1. The highest BCUT2D eigenvalue weighted by Gasteiger charge is 2.37. The number of carbonyl (C=O) groups excluding carboxylic acids is 1. The first kappa shape index (κ1) is 14.5. The van der Waals surface area contributed by atoms with Crippen molar-refractivity contribution < 1.29 is 23.1 Å². The molecular weight excluding hydrogens is 321 g/mol. The number of benzene rings is 2. The van der Waals surface area contributed by atoms with E-state index in [1.807, 2.05) is 0 Å². The van der Waals surface area contributed by atoms with Gasteiger partial charge < -0.3 is 10.4 Å². The Hall–Kier alpha value is -2.41. The Morgan fingerprint density at radius 2 is 1.86 bits per heavy atom. The Bertz CT molecular complexity index is 790. The van der Waals surface area contributed by atoms with Crippen LogP contribution >= 0.6 is 11.6 Å². The summed E-state index contributed by atoms with van der Waals surface area (Å²) in [7, 11) is 0. The number of hydrogen-bond acceptors (Lipinski definition) is 2. The van der Waals surface area contributed by atoms with Gasteiger partial charge in [-0.1, -0.05) is 11.6 Å². The number of nitrogens with one attached hydrogen (secondary N) is 1. The highest BCUT2D eigenvalue weighted by atomic mass is 35.5. The predicted octanol–water partition coefficient (Wildman–Crippen LogP) is 4.51. The number of carbonyl (C=O) groups is 1. The van der Waals surface area contributed by atoms with Crippen molar-refractivity contribution in [2.24, 2.45) is 0 Å². The minimum absolute atomic E-state index is 0.0798. The van der Waals surface area contributed by atoms with Crippen molar-refractivity contribution >= 4 is 29.0 Å². The number of rotatable bonds is 1. The Kier molecular flexibility index (Phi) is 3.17. The summed E-state index contributed by atoms with van der Waals surface area (Å²) in [5, 5.41) is 15.8. The molecule has 0 saturated carbocycles. The van der Waals surface area contributed by atoms with E-state index in [0.29, 0.717) is 0 Å². The fraction of sp³-hybridized carbons (Fsp3) is 0.0714. The van der Waals surface area contributed by atoms with Crippen molar-refractivity contribution in [2.75, 3.05) is 5.32 Å². The maximum absolute atomic E-state index is 13.3. The zero-order chi connectivity index (χ0) is 16.1. The summed E-state index contributed by atoms with van der Waals surface area (Å²) in [5.74, 6) is -0.351. The number of anilines is 1. The average Bonchev–Trinajstić information content (AvgIpc) is 2.78. The maximum Gasteiger partial charge on any atom is 0.417 e. The molecule has 1 aliphatic rings.